The minimum atomic E-state index is -3.27. The van der Waals surface area contributed by atoms with Crippen LogP contribution >= 0.6 is 0 Å². The molecule has 1 rings (SSSR count). The highest BCUT2D eigenvalue weighted by Gasteiger charge is 2.24. The van der Waals surface area contributed by atoms with Gasteiger partial charge in [-0.15, -0.1) is 0 Å². The normalized spacial score (nSPS) is 28.8. The van der Waals surface area contributed by atoms with Crippen molar-refractivity contribution in [1.82, 2.24) is 5.32 Å². The summed E-state index contributed by atoms with van der Waals surface area (Å²) in [7, 11) is -3.27. The van der Waals surface area contributed by atoms with Gasteiger partial charge in [0.05, 0.1) is 5.25 Å². The molecule has 0 spiro atoms. The first-order valence-electron chi connectivity index (χ1n) is 2.83. The van der Waals surface area contributed by atoms with Crippen LogP contribution in [0.3, 0.4) is 0 Å². The van der Waals surface area contributed by atoms with Gasteiger partial charge in [-0.05, 0) is 13.0 Å². The van der Waals surface area contributed by atoms with E-state index in [0.717, 1.165) is 6.54 Å². The second kappa shape index (κ2) is 2.24. The fraction of sp³-hybridized carbons (Fsp3) is 1.00. The molecule has 4 nitrogen and oxygen atoms in total. The van der Waals surface area contributed by atoms with Crippen molar-refractivity contribution in [2.75, 3.05) is 13.1 Å². The molecule has 54 valence electrons. The van der Waals surface area contributed by atoms with Crippen LogP contribution in [0.5, 0.6) is 0 Å². The summed E-state index contributed by atoms with van der Waals surface area (Å²) in [5.41, 5.74) is 0. The zero-order valence-electron chi connectivity index (χ0n) is 5.00. The number of nitrogens with two attached hydrogens (primary N) is 1. The Bertz CT molecular complexity index is 181. The molecular formula is C4H10N2O2S. The highest BCUT2D eigenvalue weighted by Crippen LogP contribution is 2.04. The predicted molar refractivity (Wildman–Crippen MR) is 34.4 cm³/mol. The summed E-state index contributed by atoms with van der Waals surface area (Å²) in [6, 6.07) is 0. The molecule has 0 aromatic rings. The van der Waals surface area contributed by atoms with Crippen molar-refractivity contribution in [1.29, 1.82) is 0 Å². The van der Waals surface area contributed by atoms with Gasteiger partial charge in [0.25, 0.3) is 0 Å². The van der Waals surface area contributed by atoms with E-state index in [1.165, 1.54) is 0 Å². The lowest BCUT2D eigenvalue weighted by Crippen LogP contribution is -2.30. The molecule has 0 saturated carbocycles. The van der Waals surface area contributed by atoms with Crippen molar-refractivity contribution in [3.8, 4) is 0 Å². The van der Waals surface area contributed by atoms with Crippen molar-refractivity contribution in [2.24, 2.45) is 5.14 Å². The molecule has 9 heavy (non-hydrogen) atoms. The molecule has 1 heterocycles. The fourth-order valence-corrected chi connectivity index (χ4v) is 1.71. The van der Waals surface area contributed by atoms with Crippen LogP contribution in [0, 0.1) is 0 Å². The smallest absolute Gasteiger partial charge is 0.213 e. The van der Waals surface area contributed by atoms with E-state index >= 15 is 0 Å². The zero-order chi connectivity index (χ0) is 6.91. The Kier molecular flexibility index (Phi) is 1.74. The average Bonchev–Trinajstić information content (AvgIpc) is 2.08. The summed E-state index contributed by atoms with van der Waals surface area (Å²) in [5, 5.41) is 7.44. The fourth-order valence-electron chi connectivity index (χ4n) is 0.909. The second-order valence-electron chi connectivity index (χ2n) is 2.20. The van der Waals surface area contributed by atoms with E-state index in [4.69, 9.17) is 5.14 Å². The molecule has 1 aliphatic rings. The molecule has 1 fully saturated rings. The van der Waals surface area contributed by atoms with Gasteiger partial charge in [0.15, 0.2) is 0 Å². The largest absolute Gasteiger partial charge is 0.315 e. The number of nitrogens with one attached hydrogen (secondary N) is 1. The average molecular weight is 150 g/mol. The lowest BCUT2D eigenvalue weighted by Gasteiger charge is -2.01. The molecule has 1 aliphatic heterocycles. The zero-order valence-corrected chi connectivity index (χ0v) is 5.82. The van der Waals surface area contributed by atoms with Crippen molar-refractivity contribution in [2.45, 2.75) is 11.7 Å². The molecule has 5 heteroatoms. The SMILES string of the molecule is NS(=O)(=O)C1CCNC1. The van der Waals surface area contributed by atoms with E-state index in [1.807, 2.05) is 0 Å². The summed E-state index contributed by atoms with van der Waals surface area (Å²) in [5.74, 6) is 0. The Morgan fingerprint density at radius 1 is 1.56 bits per heavy atom. The van der Waals surface area contributed by atoms with Gasteiger partial charge in [-0.25, -0.2) is 13.6 Å². The molecular weight excluding hydrogens is 140 g/mol. The minimum absolute atomic E-state index is 0.350. The Hall–Kier alpha value is -0.130. The lowest BCUT2D eigenvalue weighted by molar-refractivity contribution is 0.584. The molecule has 0 amide bonds. The van der Waals surface area contributed by atoms with Crippen LogP contribution in [0.15, 0.2) is 0 Å². The van der Waals surface area contributed by atoms with Gasteiger partial charge in [-0.2, -0.15) is 0 Å². The molecule has 0 aromatic heterocycles. The molecule has 0 aromatic carbocycles. The van der Waals surface area contributed by atoms with Crippen LogP contribution in [-0.2, 0) is 10.0 Å². The molecule has 1 unspecified atom stereocenters. The summed E-state index contributed by atoms with van der Waals surface area (Å²) in [6.45, 7) is 1.28. The topological polar surface area (TPSA) is 72.2 Å². The number of sulfonamides is 1. The van der Waals surface area contributed by atoms with Gasteiger partial charge in [0, 0.05) is 6.54 Å². The van der Waals surface area contributed by atoms with Crippen molar-refractivity contribution in [3.05, 3.63) is 0 Å². The van der Waals surface area contributed by atoms with Crippen molar-refractivity contribution >= 4 is 10.0 Å². The van der Waals surface area contributed by atoms with Gasteiger partial charge in [-0.1, -0.05) is 0 Å². The molecule has 0 bridgehead atoms. The maximum Gasteiger partial charge on any atom is 0.213 e. The van der Waals surface area contributed by atoms with Crippen molar-refractivity contribution in [3.63, 3.8) is 0 Å². The van der Waals surface area contributed by atoms with Crippen LogP contribution in [0.2, 0.25) is 0 Å². The standard InChI is InChI=1S/C4H10N2O2S/c5-9(7,8)4-1-2-6-3-4/h4,6H,1-3H2,(H2,5,7,8). The highest BCUT2D eigenvalue weighted by atomic mass is 32.2. The maximum absolute atomic E-state index is 10.6. The van der Waals surface area contributed by atoms with Gasteiger partial charge in [0.2, 0.25) is 10.0 Å². The summed E-state index contributed by atoms with van der Waals surface area (Å²) in [6.07, 6.45) is 0.652. The third-order valence-corrected chi connectivity index (χ3v) is 2.81. The number of hydrogen-bond donors (Lipinski definition) is 2. The third-order valence-electron chi connectivity index (χ3n) is 1.48. The summed E-state index contributed by atoms with van der Waals surface area (Å²) in [4.78, 5) is 0. The van der Waals surface area contributed by atoms with Gasteiger partial charge in [0.1, 0.15) is 0 Å². The first kappa shape index (κ1) is 6.98. The summed E-state index contributed by atoms with van der Waals surface area (Å²) >= 11 is 0. The maximum atomic E-state index is 10.6. The van der Waals surface area contributed by atoms with E-state index in [2.05, 4.69) is 5.32 Å². The van der Waals surface area contributed by atoms with Crippen LogP contribution in [-0.4, -0.2) is 26.8 Å². The Morgan fingerprint density at radius 3 is 2.44 bits per heavy atom. The molecule has 3 N–H and O–H groups in total. The van der Waals surface area contributed by atoms with Crippen LogP contribution in [0.4, 0.5) is 0 Å². The predicted octanol–water partition coefficient (Wildman–Crippen LogP) is -1.36. The molecule has 1 saturated heterocycles. The van der Waals surface area contributed by atoms with E-state index in [0.29, 0.717) is 13.0 Å². The van der Waals surface area contributed by atoms with Gasteiger partial charge >= 0.3 is 0 Å². The van der Waals surface area contributed by atoms with Crippen LogP contribution in [0.1, 0.15) is 6.42 Å². The minimum Gasteiger partial charge on any atom is -0.315 e. The quantitative estimate of drug-likeness (QED) is 0.485. The monoisotopic (exact) mass is 150 g/mol. The van der Waals surface area contributed by atoms with E-state index in [9.17, 15) is 8.42 Å². The first-order chi connectivity index (χ1) is 4.11. The van der Waals surface area contributed by atoms with Crippen LogP contribution in [0.25, 0.3) is 0 Å². The van der Waals surface area contributed by atoms with E-state index in [-0.39, 0.29) is 5.25 Å². The second-order valence-corrected chi connectivity index (χ2v) is 4.05. The Labute approximate surface area is 54.5 Å². The molecule has 1 atom stereocenters. The van der Waals surface area contributed by atoms with Gasteiger partial charge < -0.3 is 5.32 Å². The molecule has 0 radical (unpaired) electrons. The lowest BCUT2D eigenvalue weighted by atomic mass is 10.4. The Balaban J connectivity index is 2.63. The summed E-state index contributed by atoms with van der Waals surface area (Å²) < 4.78 is 21.1. The Morgan fingerprint density at radius 2 is 2.22 bits per heavy atom. The third kappa shape index (κ3) is 1.64. The number of primary sulfonamides is 1. The van der Waals surface area contributed by atoms with E-state index in [1.54, 1.807) is 0 Å². The number of hydrogen-bond acceptors (Lipinski definition) is 3. The van der Waals surface area contributed by atoms with E-state index < -0.39 is 10.0 Å². The molecule has 0 aliphatic carbocycles. The van der Waals surface area contributed by atoms with Crippen molar-refractivity contribution < 1.29 is 8.42 Å². The first-order valence-corrected chi connectivity index (χ1v) is 4.44. The van der Waals surface area contributed by atoms with Crippen LogP contribution < -0.4 is 10.5 Å². The highest BCUT2D eigenvalue weighted by molar-refractivity contribution is 7.89. The van der Waals surface area contributed by atoms with Gasteiger partial charge in [-0.3, -0.25) is 0 Å². The number of rotatable bonds is 1.